The number of aromatic hydroxyl groups is 1. The van der Waals surface area contributed by atoms with Gasteiger partial charge >= 0.3 is 137 Å². The SMILES string of the molecule is CCc1c(C)c([Se]c2ccccc2)c(C)c(C(=O)OC)c1O. The van der Waals surface area contributed by atoms with E-state index in [9.17, 15) is 9.90 Å². The maximum absolute atomic E-state index is 12.1. The van der Waals surface area contributed by atoms with Crippen LogP contribution in [0.5, 0.6) is 5.75 Å². The van der Waals surface area contributed by atoms with Gasteiger partial charge in [-0.3, -0.25) is 0 Å². The number of phenolic OH excluding ortho intramolecular Hbond substituents is 1. The van der Waals surface area contributed by atoms with Crippen LogP contribution < -0.4 is 8.92 Å². The molecular weight excluding hydrogens is 343 g/mol. The normalized spacial score (nSPS) is 10.5. The van der Waals surface area contributed by atoms with Crippen molar-refractivity contribution in [2.45, 2.75) is 27.2 Å². The summed E-state index contributed by atoms with van der Waals surface area (Å²) >= 11 is 0.0792. The number of methoxy groups -OCH3 is 1. The topological polar surface area (TPSA) is 46.5 Å². The summed E-state index contributed by atoms with van der Waals surface area (Å²) in [6.07, 6.45) is 0.680. The fourth-order valence-electron chi connectivity index (χ4n) is 2.58. The van der Waals surface area contributed by atoms with Crippen LogP contribution in [-0.4, -0.2) is 33.1 Å². The standard InChI is InChI=1S/C18H20O3Se/c1-5-14-11(2)17(22-13-9-7-6-8-10-13)12(3)15(16(14)19)18(20)21-4/h6-10,19H,5H2,1-4H3. The average Bonchev–Trinajstić information content (AvgIpc) is 2.52. The Bertz CT molecular complexity index is 693. The first kappa shape index (κ1) is 16.6. The molecule has 3 nitrogen and oxygen atoms in total. The van der Waals surface area contributed by atoms with E-state index in [1.165, 1.54) is 11.6 Å². The molecule has 2 aromatic rings. The number of carbonyl (C=O) groups is 1. The Morgan fingerprint density at radius 1 is 1.18 bits per heavy atom. The Labute approximate surface area is 137 Å². The van der Waals surface area contributed by atoms with E-state index in [1.54, 1.807) is 0 Å². The van der Waals surface area contributed by atoms with Crippen LogP contribution in [0.2, 0.25) is 0 Å². The fraction of sp³-hybridized carbons (Fsp3) is 0.278. The van der Waals surface area contributed by atoms with E-state index in [1.807, 2.05) is 39.0 Å². The molecule has 0 unspecified atom stereocenters. The summed E-state index contributed by atoms with van der Waals surface area (Å²) < 4.78 is 7.24. The van der Waals surface area contributed by atoms with Crippen molar-refractivity contribution in [3.8, 4) is 5.75 Å². The van der Waals surface area contributed by atoms with Crippen LogP contribution in [0.15, 0.2) is 30.3 Å². The van der Waals surface area contributed by atoms with Gasteiger partial charge in [0.2, 0.25) is 0 Å². The molecule has 0 heterocycles. The number of ether oxygens (including phenoxy) is 1. The molecule has 0 radical (unpaired) electrons. The molecule has 0 saturated carbocycles. The molecule has 0 saturated heterocycles. The molecule has 0 aliphatic carbocycles. The molecule has 0 aliphatic rings. The van der Waals surface area contributed by atoms with Gasteiger partial charge in [0.05, 0.1) is 0 Å². The van der Waals surface area contributed by atoms with Gasteiger partial charge in [-0.05, 0) is 0 Å². The van der Waals surface area contributed by atoms with Crippen LogP contribution in [0.25, 0.3) is 0 Å². The van der Waals surface area contributed by atoms with Crippen LogP contribution in [0.3, 0.4) is 0 Å². The molecule has 0 atom stereocenters. The molecule has 22 heavy (non-hydrogen) atoms. The molecule has 0 amide bonds. The van der Waals surface area contributed by atoms with E-state index >= 15 is 0 Å². The number of hydrogen-bond acceptors (Lipinski definition) is 3. The Balaban J connectivity index is 2.65. The number of rotatable bonds is 4. The van der Waals surface area contributed by atoms with Gasteiger partial charge in [-0.1, -0.05) is 0 Å². The average molecular weight is 363 g/mol. The van der Waals surface area contributed by atoms with E-state index in [0.29, 0.717) is 12.0 Å². The van der Waals surface area contributed by atoms with Crippen molar-refractivity contribution in [2.24, 2.45) is 0 Å². The minimum absolute atomic E-state index is 0.0666. The Morgan fingerprint density at radius 2 is 1.82 bits per heavy atom. The van der Waals surface area contributed by atoms with Gasteiger partial charge in [-0.2, -0.15) is 0 Å². The van der Waals surface area contributed by atoms with Crippen molar-refractivity contribution < 1.29 is 14.6 Å². The predicted molar refractivity (Wildman–Crippen MR) is 89.8 cm³/mol. The van der Waals surface area contributed by atoms with Gasteiger partial charge in [0.15, 0.2) is 0 Å². The molecule has 1 N–H and O–H groups in total. The van der Waals surface area contributed by atoms with E-state index in [4.69, 9.17) is 4.74 Å². The first-order valence-electron chi connectivity index (χ1n) is 7.17. The van der Waals surface area contributed by atoms with Crippen molar-refractivity contribution in [3.63, 3.8) is 0 Å². The summed E-state index contributed by atoms with van der Waals surface area (Å²) in [7, 11) is 1.34. The number of benzene rings is 2. The summed E-state index contributed by atoms with van der Waals surface area (Å²) in [5.74, 6) is -0.410. The number of esters is 1. The zero-order valence-electron chi connectivity index (χ0n) is 13.3. The second kappa shape index (κ2) is 6.99. The summed E-state index contributed by atoms with van der Waals surface area (Å²) in [6, 6.07) is 10.2. The van der Waals surface area contributed by atoms with Crippen LogP contribution in [-0.2, 0) is 11.2 Å². The zero-order chi connectivity index (χ0) is 16.3. The Morgan fingerprint density at radius 3 is 2.36 bits per heavy atom. The molecule has 2 aromatic carbocycles. The summed E-state index contributed by atoms with van der Waals surface area (Å²) in [5.41, 5.74) is 3.04. The molecule has 116 valence electrons. The van der Waals surface area contributed by atoms with Gasteiger partial charge in [-0.25, -0.2) is 0 Å². The Hall–Kier alpha value is -1.77. The first-order chi connectivity index (χ1) is 10.5. The minimum atomic E-state index is -0.477. The van der Waals surface area contributed by atoms with E-state index < -0.39 is 5.97 Å². The van der Waals surface area contributed by atoms with Crippen LogP contribution >= 0.6 is 0 Å². The zero-order valence-corrected chi connectivity index (χ0v) is 15.0. The molecule has 0 fully saturated rings. The van der Waals surface area contributed by atoms with Crippen LogP contribution in [0.1, 0.15) is 34.0 Å². The van der Waals surface area contributed by atoms with Crippen molar-refractivity contribution in [1.82, 2.24) is 0 Å². The first-order valence-corrected chi connectivity index (χ1v) is 8.88. The molecular formula is C18H20O3Se. The quantitative estimate of drug-likeness (QED) is 0.668. The third-order valence-corrected chi connectivity index (χ3v) is 6.52. The molecule has 0 aromatic heterocycles. The van der Waals surface area contributed by atoms with Crippen molar-refractivity contribution in [3.05, 3.63) is 52.6 Å². The molecule has 0 spiro atoms. The van der Waals surface area contributed by atoms with E-state index in [0.717, 1.165) is 21.2 Å². The third kappa shape index (κ3) is 3.03. The van der Waals surface area contributed by atoms with Crippen LogP contribution in [0.4, 0.5) is 0 Å². The van der Waals surface area contributed by atoms with E-state index in [-0.39, 0.29) is 20.7 Å². The Kier molecular flexibility index (Phi) is 5.28. The summed E-state index contributed by atoms with van der Waals surface area (Å²) in [4.78, 5) is 12.1. The number of carbonyl (C=O) groups excluding carboxylic acids is 1. The maximum atomic E-state index is 12.1. The van der Waals surface area contributed by atoms with Gasteiger partial charge in [0.1, 0.15) is 0 Å². The number of hydrogen-bond donors (Lipinski definition) is 1. The van der Waals surface area contributed by atoms with Crippen molar-refractivity contribution >= 4 is 29.8 Å². The van der Waals surface area contributed by atoms with Crippen molar-refractivity contribution in [2.75, 3.05) is 7.11 Å². The number of phenols is 1. The van der Waals surface area contributed by atoms with Crippen LogP contribution in [0, 0.1) is 13.8 Å². The predicted octanol–water partition coefficient (Wildman–Crippen LogP) is 2.01. The molecule has 0 bridgehead atoms. The second-order valence-corrected chi connectivity index (χ2v) is 7.32. The summed E-state index contributed by atoms with van der Waals surface area (Å²) in [5, 5.41) is 10.4. The fourth-order valence-corrected chi connectivity index (χ4v) is 4.81. The third-order valence-electron chi connectivity index (χ3n) is 3.74. The van der Waals surface area contributed by atoms with Crippen molar-refractivity contribution in [1.29, 1.82) is 0 Å². The van der Waals surface area contributed by atoms with E-state index in [2.05, 4.69) is 12.1 Å². The van der Waals surface area contributed by atoms with Gasteiger partial charge in [0, 0.05) is 0 Å². The van der Waals surface area contributed by atoms with Gasteiger partial charge in [-0.15, -0.1) is 0 Å². The van der Waals surface area contributed by atoms with Gasteiger partial charge in [0.25, 0.3) is 0 Å². The molecule has 4 heteroatoms. The summed E-state index contributed by atoms with van der Waals surface area (Å²) in [6.45, 7) is 5.89. The monoisotopic (exact) mass is 364 g/mol. The second-order valence-electron chi connectivity index (χ2n) is 5.04. The van der Waals surface area contributed by atoms with Gasteiger partial charge < -0.3 is 0 Å². The molecule has 0 aliphatic heterocycles. The molecule has 2 rings (SSSR count).